The van der Waals surface area contributed by atoms with Crippen LogP contribution >= 0.6 is 11.3 Å². The third-order valence-electron chi connectivity index (χ3n) is 4.72. The second-order valence-electron chi connectivity index (χ2n) is 6.92. The molecule has 3 aromatic carbocycles. The zero-order chi connectivity index (χ0) is 23.0. The van der Waals surface area contributed by atoms with Gasteiger partial charge in [-0.2, -0.15) is 0 Å². The molecule has 0 spiro atoms. The molecule has 0 aliphatic rings. The van der Waals surface area contributed by atoms with E-state index in [1.807, 2.05) is 72.8 Å². The number of carbonyl (C=O) groups excluding carboxylic acids is 2. The third kappa shape index (κ3) is 5.55. The highest BCUT2D eigenvalue weighted by molar-refractivity contribution is 7.13. The molecule has 1 aromatic heterocycles. The Bertz CT molecular complexity index is 1240. The number of ether oxygens (including phenoxy) is 2. The number of carbonyl (C=O) groups is 2. The summed E-state index contributed by atoms with van der Waals surface area (Å²) >= 11 is 1.34. The summed E-state index contributed by atoms with van der Waals surface area (Å²) in [6.07, 6.45) is 0. The lowest BCUT2D eigenvalue weighted by Gasteiger charge is -2.12. The van der Waals surface area contributed by atoms with Gasteiger partial charge in [0.1, 0.15) is 22.2 Å². The molecular weight excluding hydrogens is 438 g/mol. The summed E-state index contributed by atoms with van der Waals surface area (Å²) in [6, 6.07) is 24.6. The van der Waals surface area contributed by atoms with Gasteiger partial charge in [-0.15, -0.1) is 11.3 Å². The van der Waals surface area contributed by atoms with Gasteiger partial charge < -0.3 is 9.47 Å². The maximum atomic E-state index is 12.4. The van der Waals surface area contributed by atoms with Crippen molar-refractivity contribution in [2.75, 3.05) is 13.7 Å². The first-order valence-corrected chi connectivity index (χ1v) is 11.0. The molecule has 0 aliphatic carbocycles. The van der Waals surface area contributed by atoms with E-state index in [9.17, 15) is 9.59 Å². The van der Waals surface area contributed by atoms with Gasteiger partial charge in [0.2, 0.25) is 0 Å². The number of aromatic nitrogens is 1. The monoisotopic (exact) mass is 459 g/mol. The lowest BCUT2D eigenvalue weighted by molar-refractivity contribution is -0.123. The summed E-state index contributed by atoms with van der Waals surface area (Å²) in [6.45, 7) is -0.252. The largest absolute Gasteiger partial charge is 0.497 e. The highest BCUT2D eigenvalue weighted by atomic mass is 32.1. The summed E-state index contributed by atoms with van der Waals surface area (Å²) < 4.78 is 10.8. The van der Waals surface area contributed by atoms with Gasteiger partial charge >= 0.3 is 0 Å². The van der Waals surface area contributed by atoms with Gasteiger partial charge in [0.25, 0.3) is 11.8 Å². The van der Waals surface area contributed by atoms with Crippen molar-refractivity contribution >= 4 is 23.2 Å². The summed E-state index contributed by atoms with van der Waals surface area (Å²) in [7, 11) is 1.60. The highest BCUT2D eigenvalue weighted by Crippen LogP contribution is 2.29. The fourth-order valence-corrected chi connectivity index (χ4v) is 3.87. The molecule has 4 aromatic rings. The number of nitrogens with one attached hydrogen (secondary N) is 2. The van der Waals surface area contributed by atoms with Gasteiger partial charge in [0, 0.05) is 16.5 Å². The Morgan fingerprint density at radius 1 is 0.879 bits per heavy atom. The molecule has 7 nitrogen and oxygen atoms in total. The molecule has 2 amide bonds. The van der Waals surface area contributed by atoms with E-state index < -0.39 is 11.8 Å². The van der Waals surface area contributed by atoms with Crippen LogP contribution in [0, 0.1) is 0 Å². The fraction of sp³-hybridized carbons (Fsp3) is 0.0800. The highest BCUT2D eigenvalue weighted by Gasteiger charge is 2.14. The minimum atomic E-state index is -0.510. The molecule has 166 valence electrons. The van der Waals surface area contributed by atoms with E-state index >= 15 is 0 Å². The van der Waals surface area contributed by atoms with E-state index in [4.69, 9.17) is 9.47 Å². The first kappa shape index (κ1) is 22.0. The van der Waals surface area contributed by atoms with Gasteiger partial charge in [-0.1, -0.05) is 48.5 Å². The average molecular weight is 460 g/mol. The molecule has 4 rings (SSSR count). The minimum absolute atomic E-state index is 0.210. The molecule has 0 aliphatic heterocycles. The van der Waals surface area contributed by atoms with Crippen molar-refractivity contribution in [2.24, 2.45) is 0 Å². The van der Waals surface area contributed by atoms with Crippen molar-refractivity contribution in [2.45, 2.75) is 0 Å². The van der Waals surface area contributed by atoms with Crippen molar-refractivity contribution in [1.29, 1.82) is 0 Å². The van der Waals surface area contributed by atoms with Crippen LogP contribution in [0.3, 0.4) is 0 Å². The molecule has 0 radical (unpaired) electrons. The predicted molar refractivity (Wildman–Crippen MR) is 127 cm³/mol. The second-order valence-corrected chi connectivity index (χ2v) is 7.78. The molecule has 2 N–H and O–H groups in total. The van der Waals surface area contributed by atoms with E-state index in [0.717, 1.165) is 22.4 Å². The number of benzene rings is 3. The van der Waals surface area contributed by atoms with Crippen molar-refractivity contribution < 1.29 is 19.1 Å². The second kappa shape index (κ2) is 10.4. The van der Waals surface area contributed by atoms with Crippen LogP contribution in [0.1, 0.15) is 10.5 Å². The van der Waals surface area contributed by atoms with Crippen molar-refractivity contribution in [1.82, 2.24) is 15.8 Å². The van der Waals surface area contributed by atoms with Crippen LogP contribution in [0.15, 0.2) is 84.2 Å². The Labute approximate surface area is 195 Å². The van der Waals surface area contributed by atoms with Crippen LogP contribution in [0.5, 0.6) is 11.5 Å². The van der Waals surface area contributed by atoms with Gasteiger partial charge in [0.15, 0.2) is 6.61 Å². The van der Waals surface area contributed by atoms with E-state index in [1.165, 1.54) is 11.3 Å². The number of thiazole rings is 1. The summed E-state index contributed by atoms with van der Waals surface area (Å²) in [5.74, 6) is 0.319. The van der Waals surface area contributed by atoms with Crippen LogP contribution < -0.4 is 20.3 Å². The van der Waals surface area contributed by atoms with E-state index in [2.05, 4.69) is 15.8 Å². The molecule has 0 atom stereocenters. The number of nitrogens with zero attached hydrogens (tertiary/aromatic N) is 1. The molecule has 0 saturated carbocycles. The SMILES string of the molecule is COc1ccc(-c2nc(C(=O)NNC(=O)COc3ccccc3-c3ccccc3)cs2)cc1. The fourth-order valence-electron chi connectivity index (χ4n) is 3.06. The lowest BCUT2D eigenvalue weighted by Crippen LogP contribution is -2.44. The predicted octanol–water partition coefficient (Wildman–Crippen LogP) is 4.33. The smallest absolute Gasteiger partial charge is 0.289 e. The van der Waals surface area contributed by atoms with Crippen LogP contribution in [0.25, 0.3) is 21.7 Å². The quantitative estimate of drug-likeness (QED) is 0.402. The number of para-hydroxylation sites is 1. The number of methoxy groups -OCH3 is 1. The molecule has 33 heavy (non-hydrogen) atoms. The molecular formula is C25H21N3O4S. The van der Waals surface area contributed by atoms with Crippen molar-refractivity contribution in [3.63, 3.8) is 0 Å². The van der Waals surface area contributed by atoms with Crippen LogP contribution in [-0.4, -0.2) is 30.5 Å². The van der Waals surface area contributed by atoms with E-state index in [1.54, 1.807) is 18.6 Å². The van der Waals surface area contributed by atoms with Crippen molar-refractivity contribution in [3.05, 3.63) is 89.9 Å². The van der Waals surface area contributed by atoms with Crippen LogP contribution in [-0.2, 0) is 4.79 Å². The standard InChI is InChI=1S/C25H21N3O4S/c1-31-19-13-11-18(12-14-19)25-26-21(16-33-25)24(30)28-27-23(29)15-32-22-10-6-5-9-20(22)17-7-3-2-4-8-17/h2-14,16H,15H2,1H3,(H,27,29)(H,28,30). The Balaban J connectivity index is 1.31. The zero-order valence-corrected chi connectivity index (χ0v) is 18.6. The Kier molecular flexibility index (Phi) is 6.96. The molecule has 0 bridgehead atoms. The first-order chi connectivity index (χ1) is 16.1. The lowest BCUT2D eigenvalue weighted by atomic mass is 10.1. The number of hydrogen-bond donors (Lipinski definition) is 2. The number of hydrogen-bond acceptors (Lipinski definition) is 6. The van der Waals surface area contributed by atoms with E-state index in [-0.39, 0.29) is 12.3 Å². The van der Waals surface area contributed by atoms with Gasteiger partial charge in [-0.05, 0) is 35.9 Å². The molecule has 8 heteroatoms. The maximum Gasteiger partial charge on any atom is 0.289 e. The molecule has 0 unspecified atom stereocenters. The summed E-state index contributed by atoms with van der Waals surface area (Å²) in [5, 5.41) is 2.32. The summed E-state index contributed by atoms with van der Waals surface area (Å²) in [5.41, 5.74) is 7.67. The third-order valence-corrected chi connectivity index (χ3v) is 5.61. The van der Waals surface area contributed by atoms with Gasteiger partial charge in [-0.3, -0.25) is 20.4 Å². The Hall–Kier alpha value is -4.17. The topological polar surface area (TPSA) is 89.5 Å². The molecule has 0 fully saturated rings. The number of rotatable bonds is 7. The molecule has 1 heterocycles. The number of amides is 2. The van der Waals surface area contributed by atoms with E-state index in [0.29, 0.717) is 10.8 Å². The van der Waals surface area contributed by atoms with Crippen LogP contribution in [0.2, 0.25) is 0 Å². The Morgan fingerprint density at radius 2 is 1.61 bits per heavy atom. The Morgan fingerprint density at radius 3 is 2.36 bits per heavy atom. The maximum absolute atomic E-state index is 12.4. The first-order valence-electron chi connectivity index (χ1n) is 10.1. The van der Waals surface area contributed by atoms with Crippen LogP contribution in [0.4, 0.5) is 0 Å². The molecule has 0 saturated heterocycles. The average Bonchev–Trinajstić information content (AvgIpc) is 3.37. The minimum Gasteiger partial charge on any atom is -0.497 e. The normalized spacial score (nSPS) is 10.3. The van der Waals surface area contributed by atoms with Crippen molar-refractivity contribution in [3.8, 4) is 33.2 Å². The van der Waals surface area contributed by atoms with Gasteiger partial charge in [-0.25, -0.2) is 4.98 Å². The summed E-state index contributed by atoms with van der Waals surface area (Å²) in [4.78, 5) is 28.9. The number of hydrazine groups is 1. The zero-order valence-electron chi connectivity index (χ0n) is 17.8. The van der Waals surface area contributed by atoms with Gasteiger partial charge in [0.05, 0.1) is 7.11 Å².